The summed E-state index contributed by atoms with van der Waals surface area (Å²) in [6, 6.07) is 20.5. The molecule has 29 heavy (non-hydrogen) atoms. The van der Waals surface area contributed by atoms with Gasteiger partial charge in [0, 0.05) is 10.9 Å². The zero-order chi connectivity index (χ0) is 20.4. The number of fused-ring (bicyclic) bond motifs is 1. The highest BCUT2D eigenvalue weighted by Crippen LogP contribution is 2.46. The molecule has 2 aromatic carbocycles. The van der Waals surface area contributed by atoms with Gasteiger partial charge in [-0.05, 0) is 29.5 Å². The van der Waals surface area contributed by atoms with Gasteiger partial charge < -0.3 is 11.5 Å². The van der Waals surface area contributed by atoms with Crippen LogP contribution in [0.2, 0.25) is 0 Å². The van der Waals surface area contributed by atoms with Crippen molar-refractivity contribution in [3.63, 3.8) is 0 Å². The molecule has 0 aliphatic heterocycles. The Hall–Kier alpha value is -3.36. The number of benzene rings is 2. The van der Waals surface area contributed by atoms with Crippen molar-refractivity contribution in [3.8, 4) is 27.6 Å². The largest absolute Gasteiger partial charge is 0.397 e. The summed E-state index contributed by atoms with van der Waals surface area (Å²) < 4.78 is 0. The van der Waals surface area contributed by atoms with Crippen LogP contribution in [0, 0.1) is 11.3 Å². The standard InChI is InChI=1S/C24H22N4S/c1-2-3-7-15-10-12-17(13-11-15)22-21(26)20-19(16-8-5-4-6-9-16)18(14-25)23(27)28-24(20)29-22/h4-6,8-13H,2-3,7,26H2,1H3,(H2,27,28). The maximum Gasteiger partial charge on any atom is 0.143 e. The van der Waals surface area contributed by atoms with Crippen LogP contribution in [0.3, 0.4) is 0 Å². The molecule has 4 aromatic rings. The van der Waals surface area contributed by atoms with Crippen LogP contribution in [-0.4, -0.2) is 4.98 Å². The second kappa shape index (κ2) is 7.94. The molecule has 0 atom stereocenters. The minimum Gasteiger partial charge on any atom is -0.397 e. The lowest BCUT2D eigenvalue weighted by molar-refractivity contribution is 0.795. The molecule has 0 spiro atoms. The number of hydrogen-bond donors (Lipinski definition) is 2. The summed E-state index contributed by atoms with van der Waals surface area (Å²) in [5.74, 6) is 0.238. The molecule has 4 rings (SSSR count). The van der Waals surface area contributed by atoms with Crippen molar-refractivity contribution in [2.24, 2.45) is 0 Å². The number of nitrogens with two attached hydrogens (primary N) is 2. The maximum atomic E-state index is 9.73. The molecule has 4 nitrogen and oxygen atoms in total. The van der Waals surface area contributed by atoms with E-state index in [1.165, 1.54) is 29.7 Å². The predicted molar refractivity (Wildman–Crippen MR) is 123 cm³/mol. The minimum absolute atomic E-state index is 0.238. The fourth-order valence-corrected chi connectivity index (χ4v) is 4.71. The van der Waals surface area contributed by atoms with E-state index in [-0.39, 0.29) is 5.82 Å². The summed E-state index contributed by atoms with van der Waals surface area (Å²) in [5, 5.41) is 10.5. The third-order valence-corrected chi connectivity index (χ3v) is 6.26. The van der Waals surface area contributed by atoms with E-state index in [0.29, 0.717) is 11.3 Å². The lowest BCUT2D eigenvalue weighted by atomic mass is 9.96. The molecule has 0 radical (unpaired) electrons. The van der Waals surface area contributed by atoms with Gasteiger partial charge in [-0.2, -0.15) is 5.26 Å². The first-order valence-electron chi connectivity index (χ1n) is 9.70. The highest BCUT2D eigenvalue weighted by molar-refractivity contribution is 7.22. The summed E-state index contributed by atoms with van der Waals surface area (Å²) in [5.41, 5.74) is 17.8. The number of pyridine rings is 1. The summed E-state index contributed by atoms with van der Waals surface area (Å²) in [4.78, 5) is 6.20. The molecule has 2 aromatic heterocycles. The number of unbranched alkanes of at least 4 members (excludes halogenated alkanes) is 1. The second-order valence-corrected chi connectivity index (χ2v) is 8.05. The van der Waals surface area contributed by atoms with Crippen molar-refractivity contribution in [2.75, 3.05) is 11.5 Å². The summed E-state index contributed by atoms with van der Waals surface area (Å²) in [6.45, 7) is 2.20. The van der Waals surface area contributed by atoms with Crippen molar-refractivity contribution in [1.29, 1.82) is 5.26 Å². The molecule has 0 fully saturated rings. The molecule has 0 aliphatic carbocycles. The molecule has 0 saturated carbocycles. The zero-order valence-corrected chi connectivity index (χ0v) is 17.1. The van der Waals surface area contributed by atoms with Crippen molar-refractivity contribution >= 4 is 33.1 Å². The Kier molecular flexibility index (Phi) is 5.20. The van der Waals surface area contributed by atoms with Gasteiger partial charge >= 0.3 is 0 Å². The van der Waals surface area contributed by atoms with E-state index in [0.717, 1.165) is 38.2 Å². The summed E-state index contributed by atoms with van der Waals surface area (Å²) in [6.07, 6.45) is 3.45. The lowest BCUT2D eigenvalue weighted by Crippen LogP contribution is -1.99. The minimum atomic E-state index is 0.238. The van der Waals surface area contributed by atoms with Crippen molar-refractivity contribution < 1.29 is 0 Å². The van der Waals surface area contributed by atoms with E-state index in [4.69, 9.17) is 11.5 Å². The number of nitrogen functional groups attached to an aromatic ring is 2. The first-order valence-corrected chi connectivity index (χ1v) is 10.5. The Labute approximate surface area is 174 Å². The van der Waals surface area contributed by atoms with Gasteiger partial charge in [0.25, 0.3) is 0 Å². The number of aryl methyl sites for hydroxylation is 1. The Morgan fingerprint density at radius 2 is 1.72 bits per heavy atom. The van der Waals surface area contributed by atoms with Gasteiger partial charge in [0.1, 0.15) is 22.3 Å². The van der Waals surface area contributed by atoms with Crippen LogP contribution in [0.15, 0.2) is 54.6 Å². The topological polar surface area (TPSA) is 88.7 Å². The van der Waals surface area contributed by atoms with Crippen LogP contribution in [0.4, 0.5) is 11.5 Å². The van der Waals surface area contributed by atoms with E-state index >= 15 is 0 Å². The zero-order valence-electron chi connectivity index (χ0n) is 16.3. The van der Waals surface area contributed by atoms with E-state index in [2.05, 4.69) is 42.2 Å². The number of thiophene rings is 1. The Morgan fingerprint density at radius 1 is 1.00 bits per heavy atom. The smallest absolute Gasteiger partial charge is 0.143 e. The Balaban J connectivity index is 1.91. The SMILES string of the molecule is CCCCc1ccc(-c2sc3nc(N)c(C#N)c(-c4ccccc4)c3c2N)cc1. The van der Waals surface area contributed by atoms with Gasteiger partial charge in [0.2, 0.25) is 0 Å². The normalized spacial score (nSPS) is 10.9. The number of nitrogens with zero attached hydrogens (tertiary/aromatic N) is 2. The molecule has 0 aliphatic rings. The second-order valence-electron chi connectivity index (χ2n) is 7.05. The van der Waals surface area contributed by atoms with Crippen molar-refractivity contribution in [1.82, 2.24) is 4.98 Å². The van der Waals surface area contributed by atoms with Gasteiger partial charge in [-0.15, -0.1) is 11.3 Å². The highest BCUT2D eigenvalue weighted by Gasteiger charge is 2.21. The fourth-order valence-electron chi connectivity index (χ4n) is 3.59. The van der Waals surface area contributed by atoms with Crippen LogP contribution in [-0.2, 0) is 6.42 Å². The van der Waals surface area contributed by atoms with E-state index < -0.39 is 0 Å². The Bertz CT molecular complexity index is 1200. The molecule has 0 amide bonds. The molecule has 0 bridgehead atoms. The summed E-state index contributed by atoms with van der Waals surface area (Å²) >= 11 is 1.52. The van der Waals surface area contributed by atoms with Crippen LogP contribution >= 0.6 is 11.3 Å². The molecular formula is C24H22N4S. The number of rotatable bonds is 5. The van der Waals surface area contributed by atoms with Gasteiger partial charge in [-0.3, -0.25) is 0 Å². The van der Waals surface area contributed by atoms with Crippen molar-refractivity contribution in [2.45, 2.75) is 26.2 Å². The first kappa shape index (κ1) is 19.0. The van der Waals surface area contributed by atoms with E-state index in [1.54, 1.807) is 0 Å². The fraction of sp³-hybridized carbons (Fsp3) is 0.167. The van der Waals surface area contributed by atoms with E-state index in [1.807, 2.05) is 30.3 Å². The molecule has 4 N–H and O–H groups in total. The third kappa shape index (κ3) is 3.43. The van der Waals surface area contributed by atoms with Crippen LogP contribution in [0.1, 0.15) is 30.9 Å². The quantitative estimate of drug-likeness (QED) is 0.431. The maximum absolute atomic E-state index is 9.73. The Morgan fingerprint density at radius 3 is 2.38 bits per heavy atom. The lowest BCUT2D eigenvalue weighted by Gasteiger charge is -2.09. The molecule has 2 heterocycles. The van der Waals surface area contributed by atoms with Crippen LogP contribution in [0.25, 0.3) is 31.8 Å². The summed E-state index contributed by atoms with van der Waals surface area (Å²) in [7, 11) is 0. The predicted octanol–water partition coefficient (Wildman–Crippen LogP) is 6.01. The number of aromatic nitrogens is 1. The average molecular weight is 399 g/mol. The van der Waals surface area contributed by atoms with Crippen LogP contribution < -0.4 is 11.5 Å². The van der Waals surface area contributed by atoms with Crippen molar-refractivity contribution in [3.05, 3.63) is 65.7 Å². The van der Waals surface area contributed by atoms with Gasteiger partial charge in [0.15, 0.2) is 0 Å². The number of hydrogen-bond acceptors (Lipinski definition) is 5. The monoisotopic (exact) mass is 398 g/mol. The first-order chi connectivity index (χ1) is 14.1. The van der Waals surface area contributed by atoms with Gasteiger partial charge in [-0.1, -0.05) is 67.9 Å². The number of nitriles is 1. The molecule has 5 heteroatoms. The number of anilines is 2. The molecule has 144 valence electrons. The van der Waals surface area contributed by atoms with Gasteiger partial charge in [0.05, 0.1) is 10.6 Å². The average Bonchev–Trinajstić information content (AvgIpc) is 3.08. The van der Waals surface area contributed by atoms with Gasteiger partial charge in [-0.25, -0.2) is 4.98 Å². The van der Waals surface area contributed by atoms with Crippen LogP contribution in [0.5, 0.6) is 0 Å². The highest BCUT2D eigenvalue weighted by atomic mass is 32.1. The molecule has 0 saturated heterocycles. The third-order valence-electron chi connectivity index (χ3n) is 5.11. The van der Waals surface area contributed by atoms with E-state index in [9.17, 15) is 5.26 Å². The molecular weight excluding hydrogens is 376 g/mol. The molecule has 0 unspecified atom stereocenters.